The van der Waals surface area contributed by atoms with Crippen LogP contribution in [-0.4, -0.2) is 17.3 Å². The first-order chi connectivity index (χ1) is 8.16. The quantitative estimate of drug-likeness (QED) is 0.560. The first-order valence-electron chi connectivity index (χ1n) is 6.11. The summed E-state index contributed by atoms with van der Waals surface area (Å²) in [5.41, 5.74) is 12.6. The molecule has 4 nitrogen and oxygen atoms in total. The van der Waals surface area contributed by atoms with Crippen LogP contribution < -0.4 is 11.5 Å². The van der Waals surface area contributed by atoms with Crippen LogP contribution in [0.1, 0.15) is 48.0 Å². The summed E-state index contributed by atoms with van der Waals surface area (Å²) >= 11 is 0. The molecule has 0 spiro atoms. The lowest BCUT2D eigenvalue weighted by molar-refractivity contribution is 0.0979. The SMILES string of the molecule is Cc1ccnc(N)c1C(=O)CCCCCCN. The molecule has 94 valence electrons. The standard InChI is InChI=1S/C13H21N3O/c1-10-7-9-16-13(15)12(10)11(17)6-4-2-3-5-8-14/h7,9H,2-6,8,14H2,1H3,(H2,15,16). The molecule has 1 aromatic rings. The van der Waals surface area contributed by atoms with Crippen LogP contribution in [-0.2, 0) is 0 Å². The maximum atomic E-state index is 12.0. The number of nitrogens with two attached hydrogens (primary N) is 2. The number of aryl methyl sites for hydroxylation is 1. The highest BCUT2D eigenvalue weighted by atomic mass is 16.1. The highest BCUT2D eigenvalue weighted by Gasteiger charge is 2.12. The molecule has 4 N–H and O–H groups in total. The number of aromatic nitrogens is 1. The van der Waals surface area contributed by atoms with Gasteiger partial charge in [0.05, 0.1) is 5.56 Å². The maximum absolute atomic E-state index is 12.0. The Balaban J connectivity index is 2.47. The summed E-state index contributed by atoms with van der Waals surface area (Å²) in [4.78, 5) is 15.9. The number of pyridine rings is 1. The van der Waals surface area contributed by atoms with Gasteiger partial charge in [-0.1, -0.05) is 12.8 Å². The van der Waals surface area contributed by atoms with E-state index in [0.717, 1.165) is 37.8 Å². The van der Waals surface area contributed by atoms with Crippen LogP contribution >= 0.6 is 0 Å². The Morgan fingerprint density at radius 3 is 2.65 bits per heavy atom. The van der Waals surface area contributed by atoms with Gasteiger partial charge in [-0.25, -0.2) is 4.98 Å². The molecule has 0 unspecified atom stereocenters. The van der Waals surface area contributed by atoms with Crippen LogP contribution in [0.2, 0.25) is 0 Å². The first-order valence-corrected chi connectivity index (χ1v) is 6.11. The van der Waals surface area contributed by atoms with Crippen LogP contribution in [0.15, 0.2) is 12.3 Å². The number of unbranched alkanes of at least 4 members (excludes halogenated alkanes) is 3. The summed E-state index contributed by atoms with van der Waals surface area (Å²) in [6.07, 6.45) is 6.23. The molecule has 0 aliphatic rings. The van der Waals surface area contributed by atoms with Gasteiger partial charge in [-0.15, -0.1) is 0 Å². The van der Waals surface area contributed by atoms with Crippen molar-refractivity contribution < 1.29 is 4.79 Å². The van der Waals surface area contributed by atoms with Gasteiger partial charge < -0.3 is 11.5 Å². The fourth-order valence-corrected chi connectivity index (χ4v) is 1.85. The van der Waals surface area contributed by atoms with Crippen molar-refractivity contribution in [3.8, 4) is 0 Å². The Bertz CT molecular complexity index is 357. The molecule has 1 rings (SSSR count). The summed E-state index contributed by atoms with van der Waals surface area (Å²) in [5.74, 6) is 0.442. The maximum Gasteiger partial charge on any atom is 0.166 e. The summed E-state index contributed by atoms with van der Waals surface area (Å²) in [6.45, 7) is 2.61. The summed E-state index contributed by atoms with van der Waals surface area (Å²) < 4.78 is 0. The predicted molar refractivity (Wildman–Crippen MR) is 69.9 cm³/mol. The fraction of sp³-hybridized carbons (Fsp3) is 0.538. The number of hydrogen-bond donors (Lipinski definition) is 2. The third-order valence-corrected chi connectivity index (χ3v) is 2.83. The zero-order valence-electron chi connectivity index (χ0n) is 10.4. The third-order valence-electron chi connectivity index (χ3n) is 2.83. The topological polar surface area (TPSA) is 82.0 Å². The molecule has 0 bridgehead atoms. The average molecular weight is 235 g/mol. The molecule has 0 saturated carbocycles. The zero-order chi connectivity index (χ0) is 12.7. The number of hydrogen-bond acceptors (Lipinski definition) is 4. The van der Waals surface area contributed by atoms with Gasteiger partial charge in [0.25, 0.3) is 0 Å². The Hall–Kier alpha value is -1.42. The number of carbonyl (C=O) groups excluding carboxylic acids is 1. The predicted octanol–water partition coefficient (Wildman–Crippen LogP) is 2.06. The molecule has 0 amide bonds. The van der Waals surface area contributed by atoms with E-state index in [1.165, 1.54) is 0 Å². The molecule has 1 aromatic heterocycles. The van der Waals surface area contributed by atoms with Crippen molar-refractivity contribution in [1.82, 2.24) is 4.98 Å². The van der Waals surface area contributed by atoms with Gasteiger partial charge in [-0.05, 0) is 37.9 Å². The normalized spacial score (nSPS) is 10.5. The lowest BCUT2D eigenvalue weighted by atomic mass is 10.0. The molecule has 0 aromatic carbocycles. The molecule has 1 heterocycles. The average Bonchev–Trinajstić information content (AvgIpc) is 2.28. The molecule has 0 radical (unpaired) electrons. The minimum atomic E-state index is 0.0980. The zero-order valence-corrected chi connectivity index (χ0v) is 10.4. The second kappa shape index (κ2) is 7.01. The van der Waals surface area contributed by atoms with E-state index in [1.54, 1.807) is 6.20 Å². The van der Waals surface area contributed by atoms with Gasteiger partial charge in [0.15, 0.2) is 5.78 Å². The van der Waals surface area contributed by atoms with Gasteiger partial charge >= 0.3 is 0 Å². The highest BCUT2D eigenvalue weighted by molar-refractivity contribution is 6.01. The van der Waals surface area contributed by atoms with E-state index in [-0.39, 0.29) is 5.78 Å². The van der Waals surface area contributed by atoms with Crippen molar-refractivity contribution in [3.63, 3.8) is 0 Å². The van der Waals surface area contributed by atoms with Crippen molar-refractivity contribution in [2.45, 2.75) is 39.0 Å². The number of carbonyl (C=O) groups is 1. The van der Waals surface area contributed by atoms with E-state index in [4.69, 9.17) is 11.5 Å². The van der Waals surface area contributed by atoms with Crippen LogP contribution in [0.4, 0.5) is 5.82 Å². The van der Waals surface area contributed by atoms with Crippen LogP contribution in [0.5, 0.6) is 0 Å². The minimum Gasteiger partial charge on any atom is -0.383 e. The molecule has 0 fully saturated rings. The van der Waals surface area contributed by atoms with Crippen LogP contribution in [0, 0.1) is 6.92 Å². The van der Waals surface area contributed by atoms with Gasteiger partial charge in [-0.3, -0.25) is 4.79 Å². The van der Waals surface area contributed by atoms with Crippen molar-refractivity contribution in [3.05, 3.63) is 23.4 Å². The van der Waals surface area contributed by atoms with Crippen molar-refractivity contribution >= 4 is 11.6 Å². The van der Waals surface area contributed by atoms with Crippen molar-refractivity contribution in [1.29, 1.82) is 0 Å². The van der Waals surface area contributed by atoms with Gasteiger partial charge in [0, 0.05) is 12.6 Å². The second-order valence-corrected chi connectivity index (χ2v) is 4.26. The van der Waals surface area contributed by atoms with E-state index in [2.05, 4.69) is 4.98 Å². The van der Waals surface area contributed by atoms with Crippen LogP contribution in [0.25, 0.3) is 0 Å². The smallest absolute Gasteiger partial charge is 0.166 e. The monoisotopic (exact) mass is 235 g/mol. The van der Waals surface area contributed by atoms with Gasteiger partial charge in [0.2, 0.25) is 0 Å². The lowest BCUT2D eigenvalue weighted by Gasteiger charge is -2.07. The Kier molecular flexibility index (Phi) is 5.63. The van der Waals surface area contributed by atoms with Crippen molar-refractivity contribution in [2.75, 3.05) is 12.3 Å². The fourth-order valence-electron chi connectivity index (χ4n) is 1.85. The van der Waals surface area contributed by atoms with Crippen LogP contribution in [0.3, 0.4) is 0 Å². The molecule has 0 saturated heterocycles. The second-order valence-electron chi connectivity index (χ2n) is 4.26. The number of nitrogens with zero attached hydrogens (tertiary/aromatic N) is 1. The lowest BCUT2D eigenvalue weighted by Crippen LogP contribution is -2.08. The largest absolute Gasteiger partial charge is 0.383 e. The summed E-state index contributed by atoms with van der Waals surface area (Å²) in [5, 5.41) is 0. The van der Waals surface area contributed by atoms with E-state index < -0.39 is 0 Å². The van der Waals surface area contributed by atoms with Gasteiger partial charge in [0.1, 0.15) is 5.82 Å². The Morgan fingerprint density at radius 1 is 1.29 bits per heavy atom. The number of nitrogen functional groups attached to an aromatic ring is 1. The van der Waals surface area contributed by atoms with E-state index >= 15 is 0 Å². The van der Waals surface area contributed by atoms with Crippen molar-refractivity contribution in [2.24, 2.45) is 5.73 Å². The number of anilines is 1. The summed E-state index contributed by atoms with van der Waals surface area (Å²) in [6, 6.07) is 1.82. The van der Waals surface area contributed by atoms with E-state index in [0.29, 0.717) is 17.8 Å². The number of Topliss-reactive ketones (excluding diaryl/α,β-unsaturated/α-hetero) is 1. The molecule has 4 heteroatoms. The summed E-state index contributed by atoms with van der Waals surface area (Å²) in [7, 11) is 0. The molecule has 0 aliphatic carbocycles. The van der Waals surface area contributed by atoms with E-state index in [1.807, 2.05) is 13.0 Å². The molecular weight excluding hydrogens is 214 g/mol. The van der Waals surface area contributed by atoms with E-state index in [9.17, 15) is 4.79 Å². The van der Waals surface area contributed by atoms with Gasteiger partial charge in [-0.2, -0.15) is 0 Å². The molecule has 0 atom stereocenters. The number of ketones is 1. The number of rotatable bonds is 7. The molecular formula is C13H21N3O. The Labute approximate surface area is 102 Å². The first kappa shape index (κ1) is 13.6. The molecule has 17 heavy (non-hydrogen) atoms. The Morgan fingerprint density at radius 2 is 2.00 bits per heavy atom. The minimum absolute atomic E-state index is 0.0980. The highest BCUT2D eigenvalue weighted by Crippen LogP contribution is 2.17. The third kappa shape index (κ3) is 4.15. The molecule has 0 aliphatic heterocycles.